The van der Waals surface area contributed by atoms with Crippen LogP contribution in [0, 0.1) is 0 Å². The summed E-state index contributed by atoms with van der Waals surface area (Å²) in [5.74, 6) is 0.918. The van der Waals surface area contributed by atoms with Crippen LogP contribution in [0.5, 0.6) is 0 Å². The van der Waals surface area contributed by atoms with Gasteiger partial charge in [-0.3, -0.25) is 5.10 Å². The molecule has 0 atom stereocenters. The highest BCUT2D eigenvalue weighted by Gasteiger charge is 2.03. The number of hydrogen-bond donors (Lipinski definition) is 2. The molecule has 0 saturated carbocycles. The number of hydrogen-bond acceptors (Lipinski definition) is 4. The lowest BCUT2D eigenvalue weighted by Crippen LogP contribution is -2.16. The lowest BCUT2D eigenvalue weighted by Gasteiger charge is -2.00. The predicted octanol–water partition coefficient (Wildman–Crippen LogP) is 2.72. The summed E-state index contributed by atoms with van der Waals surface area (Å²) in [5, 5.41) is 10.00. The Balaban J connectivity index is 1.72. The molecule has 2 aromatic heterocycles. The smallest absolute Gasteiger partial charge is 0.137 e. The van der Waals surface area contributed by atoms with E-state index in [2.05, 4.69) is 58.4 Å². The third kappa shape index (κ3) is 3.38. The van der Waals surface area contributed by atoms with Crippen molar-refractivity contribution in [1.29, 1.82) is 0 Å². The van der Waals surface area contributed by atoms with E-state index in [1.165, 1.54) is 11.2 Å². The SMILES string of the molecule is Brc1cc(CNCCc2ncn[nH]2)sc1Br. The molecule has 86 valence electrons. The van der Waals surface area contributed by atoms with Gasteiger partial charge >= 0.3 is 0 Å². The molecule has 0 spiro atoms. The van der Waals surface area contributed by atoms with E-state index < -0.39 is 0 Å². The summed E-state index contributed by atoms with van der Waals surface area (Å²) in [6, 6.07) is 2.12. The lowest BCUT2D eigenvalue weighted by atomic mass is 10.4. The van der Waals surface area contributed by atoms with E-state index in [4.69, 9.17) is 0 Å². The van der Waals surface area contributed by atoms with Crippen LogP contribution in [0.2, 0.25) is 0 Å². The average Bonchev–Trinajstić information content (AvgIpc) is 2.85. The Labute approximate surface area is 114 Å². The largest absolute Gasteiger partial charge is 0.311 e. The van der Waals surface area contributed by atoms with Gasteiger partial charge in [-0.25, -0.2) is 4.98 Å². The molecule has 2 heterocycles. The zero-order chi connectivity index (χ0) is 11.4. The van der Waals surface area contributed by atoms with Crippen LogP contribution in [-0.2, 0) is 13.0 Å². The van der Waals surface area contributed by atoms with Crippen molar-refractivity contribution in [3.05, 3.63) is 31.4 Å². The van der Waals surface area contributed by atoms with Gasteiger partial charge in [-0.15, -0.1) is 11.3 Å². The number of rotatable bonds is 5. The van der Waals surface area contributed by atoms with Gasteiger partial charge in [0.05, 0.1) is 3.79 Å². The van der Waals surface area contributed by atoms with E-state index in [1.54, 1.807) is 11.3 Å². The first-order valence-corrected chi connectivity index (χ1v) is 7.14. The summed E-state index contributed by atoms with van der Waals surface area (Å²) < 4.78 is 2.25. The van der Waals surface area contributed by atoms with E-state index in [9.17, 15) is 0 Å². The van der Waals surface area contributed by atoms with Gasteiger partial charge in [0, 0.05) is 28.9 Å². The zero-order valence-corrected chi connectivity index (χ0v) is 12.3. The maximum atomic E-state index is 4.06. The molecule has 2 aromatic rings. The number of H-pyrrole nitrogens is 1. The summed E-state index contributed by atoms with van der Waals surface area (Å²) in [4.78, 5) is 5.36. The van der Waals surface area contributed by atoms with Gasteiger partial charge in [-0.05, 0) is 37.9 Å². The standard InChI is InChI=1S/C9H10Br2N4S/c10-7-3-6(16-9(7)11)4-12-2-1-8-13-5-14-15-8/h3,5,12H,1-2,4H2,(H,13,14,15). The minimum Gasteiger partial charge on any atom is -0.311 e. The number of halogens is 2. The van der Waals surface area contributed by atoms with Crippen molar-refractivity contribution < 1.29 is 0 Å². The van der Waals surface area contributed by atoms with Gasteiger partial charge in [0.1, 0.15) is 12.2 Å². The minimum absolute atomic E-state index is 0.869. The van der Waals surface area contributed by atoms with Gasteiger partial charge in [-0.1, -0.05) is 0 Å². The molecule has 0 radical (unpaired) electrons. The Morgan fingerprint density at radius 1 is 1.44 bits per heavy atom. The number of aromatic nitrogens is 3. The van der Waals surface area contributed by atoms with Crippen molar-refractivity contribution in [3.8, 4) is 0 Å². The van der Waals surface area contributed by atoms with Crippen LogP contribution in [0.3, 0.4) is 0 Å². The number of thiophene rings is 1. The number of nitrogens with one attached hydrogen (secondary N) is 2. The van der Waals surface area contributed by atoms with Gasteiger partial charge < -0.3 is 5.32 Å². The average molecular weight is 366 g/mol. The van der Waals surface area contributed by atoms with Gasteiger partial charge in [0.25, 0.3) is 0 Å². The van der Waals surface area contributed by atoms with Crippen LogP contribution < -0.4 is 5.32 Å². The second kappa shape index (κ2) is 5.90. The molecule has 0 fully saturated rings. The van der Waals surface area contributed by atoms with Crippen molar-refractivity contribution in [1.82, 2.24) is 20.5 Å². The first-order chi connectivity index (χ1) is 7.75. The Kier molecular flexibility index (Phi) is 4.51. The first kappa shape index (κ1) is 12.2. The van der Waals surface area contributed by atoms with Gasteiger partial charge in [0.15, 0.2) is 0 Å². The maximum absolute atomic E-state index is 4.06. The fourth-order valence-corrected chi connectivity index (χ4v) is 3.39. The molecule has 0 aliphatic carbocycles. The van der Waals surface area contributed by atoms with E-state index in [1.807, 2.05) is 0 Å². The molecule has 0 aliphatic rings. The monoisotopic (exact) mass is 364 g/mol. The Morgan fingerprint density at radius 3 is 2.94 bits per heavy atom. The third-order valence-electron chi connectivity index (χ3n) is 2.00. The molecule has 0 unspecified atom stereocenters. The molecule has 16 heavy (non-hydrogen) atoms. The molecule has 7 heteroatoms. The summed E-state index contributed by atoms with van der Waals surface area (Å²) in [7, 11) is 0. The van der Waals surface area contributed by atoms with E-state index in [0.717, 1.165) is 33.6 Å². The van der Waals surface area contributed by atoms with E-state index in [0.29, 0.717) is 0 Å². The summed E-state index contributed by atoms with van der Waals surface area (Å²) in [6.45, 7) is 1.77. The van der Waals surface area contributed by atoms with E-state index >= 15 is 0 Å². The highest BCUT2D eigenvalue weighted by atomic mass is 79.9. The third-order valence-corrected chi connectivity index (χ3v) is 5.26. The maximum Gasteiger partial charge on any atom is 0.137 e. The van der Waals surface area contributed by atoms with Crippen LogP contribution in [0.15, 0.2) is 20.7 Å². The normalized spacial score (nSPS) is 10.9. The van der Waals surface area contributed by atoms with Crippen molar-refractivity contribution in [2.24, 2.45) is 0 Å². The summed E-state index contributed by atoms with van der Waals surface area (Å²) >= 11 is 8.68. The molecule has 0 bridgehead atoms. The van der Waals surface area contributed by atoms with Crippen LogP contribution in [-0.4, -0.2) is 21.7 Å². The molecule has 2 N–H and O–H groups in total. The van der Waals surface area contributed by atoms with Crippen LogP contribution >= 0.6 is 43.2 Å². The van der Waals surface area contributed by atoms with Crippen LogP contribution in [0.25, 0.3) is 0 Å². The van der Waals surface area contributed by atoms with Crippen molar-refractivity contribution in [3.63, 3.8) is 0 Å². The molecular weight excluding hydrogens is 356 g/mol. The molecule has 0 aliphatic heterocycles. The molecule has 0 saturated heterocycles. The first-order valence-electron chi connectivity index (χ1n) is 4.74. The second-order valence-electron chi connectivity index (χ2n) is 3.19. The molecular formula is C9H10Br2N4S. The van der Waals surface area contributed by atoms with Crippen molar-refractivity contribution in [2.75, 3.05) is 6.54 Å². The quantitative estimate of drug-likeness (QED) is 0.801. The van der Waals surface area contributed by atoms with Crippen molar-refractivity contribution >= 4 is 43.2 Å². The Hall–Kier alpha value is -0.240. The Bertz CT molecular complexity index is 421. The van der Waals surface area contributed by atoms with Gasteiger partial charge in [-0.2, -0.15) is 5.10 Å². The number of aromatic amines is 1. The Morgan fingerprint density at radius 2 is 2.31 bits per heavy atom. The fraction of sp³-hybridized carbons (Fsp3) is 0.333. The minimum atomic E-state index is 0.869. The lowest BCUT2D eigenvalue weighted by molar-refractivity contribution is 0.677. The van der Waals surface area contributed by atoms with Crippen molar-refractivity contribution in [2.45, 2.75) is 13.0 Å². The second-order valence-corrected chi connectivity index (χ2v) is 6.50. The molecule has 4 nitrogen and oxygen atoms in total. The van der Waals surface area contributed by atoms with Gasteiger partial charge in [0.2, 0.25) is 0 Å². The highest BCUT2D eigenvalue weighted by Crippen LogP contribution is 2.32. The summed E-state index contributed by atoms with van der Waals surface area (Å²) in [6.07, 6.45) is 2.40. The molecule has 0 amide bonds. The topological polar surface area (TPSA) is 53.6 Å². The molecule has 2 rings (SSSR count). The fourth-order valence-electron chi connectivity index (χ4n) is 1.25. The van der Waals surface area contributed by atoms with E-state index in [-0.39, 0.29) is 0 Å². The van der Waals surface area contributed by atoms with Crippen LogP contribution in [0.1, 0.15) is 10.7 Å². The summed E-state index contributed by atoms with van der Waals surface area (Å²) in [5.41, 5.74) is 0. The number of nitrogens with zero attached hydrogens (tertiary/aromatic N) is 2. The highest BCUT2D eigenvalue weighted by molar-refractivity contribution is 9.13. The zero-order valence-electron chi connectivity index (χ0n) is 8.33. The molecule has 0 aromatic carbocycles. The van der Waals surface area contributed by atoms with Crippen LogP contribution in [0.4, 0.5) is 0 Å². The predicted molar refractivity (Wildman–Crippen MR) is 71.5 cm³/mol.